The fraction of sp³-hybridized carbons (Fsp3) is 0.261. The zero-order valence-electron chi connectivity index (χ0n) is 16.4. The number of rotatable bonds is 7. The first-order chi connectivity index (χ1) is 13.8. The van der Waals surface area contributed by atoms with E-state index in [2.05, 4.69) is 29.2 Å². The molecular weight excluding hydrogens is 427 g/mol. The molecule has 3 rings (SSSR count). The van der Waals surface area contributed by atoms with Crippen molar-refractivity contribution in [3.63, 3.8) is 0 Å². The second-order valence-electron chi connectivity index (χ2n) is 7.24. The van der Waals surface area contributed by atoms with E-state index in [1.54, 1.807) is 0 Å². The topological polar surface area (TPSA) is 25.2 Å². The Bertz CT molecular complexity index is 908. The number of halogens is 3. The van der Waals surface area contributed by atoms with Crippen molar-refractivity contribution in [2.75, 3.05) is 20.6 Å². The molecule has 1 aromatic heterocycles. The van der Waals surface area contributed by atoms with E-state index in [0.717, 1.165) is 23.2 Å². The first kappa shape index (κ1) is 21.9. The maximum Gasteiger partial charge on any atom is 0.255 e. The smallest absolute Gasteiger partial charge is 0.255 e. The summed E-state index contributed by atoms with van der Waals surface area (Å²) < 4.78 is -0.112. The summed E-state index contributed by atoms with van der Waals surface area (Å²) in [5, 5.41) is 0. The first-order valence-corrected chi connectivity index (χ1v) is 10.5. The van der Waals surface area contributed by atoms with Gasteiger partial charge in [-0.15, -0.1) is 0 Å². The monoisotopic (exact) mass is 448 g/mol. The molecule has 6 heteroatoms. The fourth-order valence-corrected chi connectivity index (χ4v) is 3.68. The molecule has 0 saturated heterocycles. The number of alkyl halides is 3. The van der Waals surface area contributed by atoms with Gasteiger partial charge in [-0.2, -0.15) is 0 Å². The highest BCUT2D eigenvalue weighted by Gasteiger charge is 2.34. The number of carbonyl (C=O) groups excluding carboxylic acids is 1. The second kappa shape index (κ2) is 9.36. The number of likely N-dealkylation sites (N-methyl/N-ethyl adjacent to an activating group) is 1. The standard InChI is InChI=1S/C23H23Cl3N2O/c1-27(2)13-14-28-16-19(15-20(28)22(29)23(24,25)26)21(17-9-5-3-6-10-17)18-11-7-4-8-12-18/h3-12,15-16,21H,13-14H2,1-2H3. The lowest BCUT2D eigenvalue weighted by atomic mass is 9.86. The molecule has 29 heavy (non-hydrogen) atoms. The molecule has 3 aromatic rings. The van der Waals surface area contributed by atoms with Crippen molar-refractivity contribution in [2.24, 2.45) is 0 Å². The summed E-state index contributed by atoms with van der Waals surface area (Å²) in [6.45, 7) is 1.38. The third-order valence-corrected chi connectivity index (χ3v) is 5.31. The molecule has 0 aliphatic carbocycles. The fourth-order valence-electron chi connectivity index (χ4n) is 3.39. The minimum atomic E-state index is -2.00. The van der Waals surface area contributed by atoms with Crippen molar-refractivity contribution < 1.29 is 4.79 Å². The van der Waals surface area contributed by atoms with Gasteiger partial charge in [0.25, 0.3) is 3.79 Å². The highest BCUT2D eigenvalue weighted by Crippen LogP contribution is 2.36. The van der Waals surface area contributed by atoms with Crippen LogP contribution < -0.4 is 0 Å². The van der Waals surface area contributed by atoms with Gasteiger partial charge in [-0.25, -0.2) is 0 Å². The largest absolute Gasteiger partial charge is 0.343 e. The Balaban J connectivity index is 2.12. The lowest BCUT2D eigenvalue weighted by Gasteiger charge is -2.17. The molecule has 152 valence electrons. The van der Waals surface area contributed by atoms with Crippen LogP contribution in [0.1, 0.15) is 33.1 Å². The Morgan fingerprint density at radius 2 is 1.45 bits per heavy atom. The molecule has 0 radical (unpaired) electrons. The quantitative estimate of drug-likeness (QED) is 0.337. The molecule has 2 aromatic carbocycles. The van der Waals surface area contributed by atoms with Gasteiger partial charge >= 0.3 is 0 Å². The average Bonchev–Trinajstić information content (AvgIpc) is 3.10. The van der Waals surface area contributed by atoms with Crippen molar-refractivity contribution in [3.05, 3.63) is 95.3 Å². The van der Waals surface area contributed by atoms with Crippen molar-refractivity contribution >= 4 is 40.6 Å². The van der Waals surface area contributed by atoms with Gasteiger partial charge in [-0.3, -0.25) is 4.79 Å². The Hall–Kier alpha value is -1.78. The van der Waals surface area contributed by atoms with Crippen LogP contribution >= 0.6 is 34.8 Å². The number of aromatic nitrogens is 1. The number of ketones is 1. The van der Waals surface area contributed by atoms with Crippen LogP contribution in [0.4, 0.5) is 0 Å². The van der Waals surface area contributed by atoms with E-state index in [-0.39, 0.29) is 5.92 Å². The van der Waals surface area contributed by atoms with Gasteiger partial charge in [0.05, 0.1) is 5.69 Å². The van der Waals surface area contributed by atoms with Crippen LogP contribution in [0.15, 0.2) is 72.9 Å². The highest BCUT2D eigenvalue weighted by molar-refractivity contribution is 6.77. The van der Waals surface area contributed by atoms with Crippen LogP contribution in [-0.4, -0.2) is 39.7 Å². The number of hydrogen-bond donors (Lipinski definition) is 0. The van der Waals surface area contributed by atoms with E-state index >= 15 is 0 Å². The Kier molecular flexibility index (Phi) is 7.07. The lowest BCUT2D eigenvalue weighted by Crippen LogP contribution is -2.25. The van der Waals surface area contributed by atoms with Crippen LogP contribution in [0.5, 0.6) is 0 Å². The predicted molar refractivity (Wildman–Crippen MR) is 121 cm³/mol. The van der Waals surface area contributed by atoms with Gasteiger partial charge in [-0.05, 0) is 36.9 Å². The molecule has 0 unspecified atom stereocenters. The van der Waals surface area contributed by atoms with Gasteiger partial charge in [0, 0.05) is 25.2 Å². The van der Waals surface area contributed by atoms with Gasteiger partial charge < -0.3 is 9.47 Å². The van der Waals surface area contributed by atoms with Gasteiger partial charge in [0.2, 0.25) is 5.78 Å². The number of nitrogens with zero attached hydrogens (tertiary/aromatic N) is 2. The summed E-state index contributed by atoms with van der Waals surface area (Å²) in [5.74, 6) is -0.549. The van der Waals surface area contributed by atoms with Crippen LogP contribution in [0, 0.1) is 0 Å². The Labute approximate surface area is 186 Å². The number of carbonyl (C=O) groups is 1. The molecule has 0 saturated carbocycles. The van der Waals surface area contributed by atoms with Gasteiger partial charge in [-0.1, -0.05) is 95.5 Å². The molecule has 1 heterocycles. The summed E-state index contributed by atoms with van der Waals surface area (Å²) in [5.41, 5.74) is 3.66. The minimum absolute atomic E-state index is 0.0278. The normalized spacial score (nSPS) is 12.0. The number of Topliss-reactive ketones (excluding diaryl/α,β-unsaturated/α-hetero) is 1. The molecule has 0 amide bonds. The number of hydrogen-bond acceptors (Lipinski definition) is 2. The average molecular weight is 450 g/mol. The zero-order chi connectivity index (χ0) is 21.0. The molecule has 0 spiro atoms. The molecule has 0 bridgehead atoms. The molecule has 0 atom stereocenters. The van der Waals surface area contributed by atoms with Crippen LogP contribution in [0.2, 0.25) is 0 Å². The summed E-state index contributed by atoms with van der Waals surface area (Å²) in [7, 11) is 3.97. The highest BCUT2D eigenvalue weighted by atomic mass is 35.6. The summed E-state index contributed by atoms with van der Waals surface area (Å²) >= 11 is 17.8. The molecule has 0 fully saturated rings. The van der Waals surface area contributed by atoms with Gasteiger partial charge in [0.1, 0.15) is 0 Å². The third-order valence-electron chi connectivity index (χ3n) is 4.80. The van der Waals surface area contributed by atoms with Crippen LogP contribution in [-0.2, 0) is 6.54 Å². The first-order valence-electron chi connectivity index (χ1n) is 9.33. The maximum absolute atomic E-state index is 12.8. The van der Waals surface area contributed by atoms with Gasteiger partial charge in [0.15, 0.2) is 0 Å². The summed E-state index contributed by atoms with van der Waals surface area (Å²) in [6.07, 6.45) is 2.00. The maximum atomic E-state index is 12.8. The van der Waals surface area contributed by atoms with Crippen LogP contribution in [0.25, 0.3) is 0 Å². The third kappa shape index (κ3) is 5.43. The predicted octanol–water partition coefficient (Wildman–Crippen LogP) is 5.78. The molecule has 0 aliphatic heterocycles. The minimum Gasteiger partial charge on any atom is -0.343 e. The molecule has 3 nitrogen and oxygen atoms in total. The van der Waals surface area contributed by atoms with E-state index in [1.165, 1.54) is 0 Å². The molecular formula is C23H23Cl3N2O. The molecule has 0 N–H and O–H groups in total. The lowest BCUT2D eigenvalue weighted by molar-refractivity contribution is 0.0987. The SMILES string of the molecule is CN(C)CCn1cc(C(c2ccccc2)c2ccccc2)cc1C(=O)C(Cl)(Cl)Cl. The Morgan fingerprint density at radius 3 is 1.90 bits per heavy atom. The van der Waals surface area contributed by atoms with Crippen molar-refractivity contribution in [2.45, 2.75) is 16.3 Å². The van der Waals surface area contributed by atoms with Crippen molar-refractivity contribution in [1.29, 1.82) is 0 Å². The van der Waals surface area contributed by atoms with Crippen molar-refractivity contribution in [1.82, 2.24) is 9.47 Å². The zero-order valence-corrected chi connectivity index (χ0v) is 18.6. The summed E-state index contributed by atoms with van der Waals surface area (Å²) in [4.78, 5) is 14.9. The number of benzene rings is 2. The van der Waals surface area contributed by atoms with Crippen LogP contribution in [0.3, 0.4) is 0 Å². The molecule has 0 aliphatic rings. The van der Waals surface area contributed by atoms with E-state index in [4.69, 9.17) is 34.8 Å². The van der Waals surface area contributed by atoms with E-state index in [9.17, 15) is 4.79 Å². The van der Waals surface area contributed by atoms with E-state index < -0.39 is 9.58 Å². The van der Waals surface area contributed by atoms with Crippen molar-refractivity contribution in [3.8, 4) is 0 Å². The second-order valence-corrected chi connectivity index (χ2v) is 9.52. The van der Waals surface area contributed by atoms with E-state index in [1.807, 2.05) is 67.3 Å². The Morgan fingerprint density at radius 1 is 0.931 bits per heavy atom. The van der Waals surface area contributed by atoms with E-state index in [0.29, 0.717) is 12.2 Å². The summed E-state index contributed by atoms with van der Waals surface area (Å²) in [6, 6.07) is 22.3.